The van der Waals surface area contributed by atoms with Gasteiger partial charge >= 0.3 is 0 Å². The molecule has 18 heavy (non-hydrogen) atoms. The molecule has 0 aliphatic heterocycles. The van der Waals surface area contributed by atoms with Gasteiger partial charge in [-0.1, -0.05) is 19.9 Å². The third kappa shape index (κ3) is 3.51. The maximum atomic E-state index is 4.46. The van der Waals surface area contributed by atoms with Gasteiger partial charge in [0, 0.05) is 19.2 Å². The number of aryl methyl sites for hydroxylation is 1. The van der Waals surface area contributed by atoms with E-state index in [4.69, 9.17) is 0 Å². The van der Waals surface area contributed by atoms with Crippen LogP contribution in [0.3, 0.4) is 0 Å². The SMILES string of the molecule is CCNCc1cccnc1Sc1nc(CC)ns1. The summed E-state index contributed by atoms with van der Waals surface area (Å²) in [5, 5.41) is 4.33. The van der Waals surface area contributed by atoms with Gasteiger partial charge in [0.25, 0.3) is 0 Å². The maximum absolute atomic E-state index is 4.46. The van der Waals surface area contributed by atoms with Crippen molar-refractivity contribution in [3.63, 3.8) is 0 Å². The second kappa shape index (κ2) is 6.82. The number of rotatable bonds is 6. The lowest BCUT2D eigenvalue weighted by atomic mass is 10.3. The first-order chi connectivity index (χ1) is 8.83. The zero-order valence-electron chi connectivity index (χ0n) is 10.5. The zero-order valence-corrected chi connectivity index (χ0v) is 12.1. The molecular formula is C12H16N4S2. The minimum atomic E-state index is 0.839. The summed E-state index contributed by atoms with van der Waals surface area (Å²) in [5.41, 5.74) is 1.21. The number of nitrogens with one attached hydrogen (secondary N) is 1. The Bertz CT molecular complexity index is 498. The van der Waals surface area contributed by atoms with Crippen molar-refractivity contribution >= 4 is 23.3 Å². The maximum Gasteiger partial charge on any atom is 0.176 e. The monoisotopic (exact) mass is 280 g/mol. The van der Waals surface area contributed by atoms with E-state index in [9.17, 15) is 0 Å². The Morgan fingerprint density at radius 3 is 3.00 bits per heavy atom. The van der Waals surface area contributed by atoms with Crippen LogP contribution in [0.2, 0.25) is 0 Å². The first-order valence-corrected chi connectivity index (χ1v) is 7.57. The molecule has 0 aliphatic carbocycles. The van der Waals surface area contributed by atoms with Gasteiger partial charge in [0.05, 0.1) is 0 Å². The largest absolute Gasteiger partial charge is 0.313 e. The van der Waals surface area contributed by atoms with Crippen LogP contribution in [0.4, 0.5) is 0 Å². The van der Waals surface area contributed by atoms with Crippen molar-refractivity contribution < 1.29 is 0 Å². The summed E-state index contributed by atoms with van der Waals surface area (Å²) in [6.07, 6.45) is 2.70. The molecule has 0 radical (unpaired) electrons. The molecule has 4 nitrogen and oxygen atoms in total. The number of hydrogen-bond donors (Lipinski definition) is 1. The second-order valence-corrected chi connectivity index (χ2v) is 5.67. The molecule has 0 atom stereocenters. The van der Waals surface area contributed by atoms with Crippen molar-refractivity contribution in [3.05, 3.63) is 29.7 Å². The van der Waals surface area contributed by atoms with Crippen LogP contribution in [-0.2, 0) is 13.0 Å². The molecule has 2 aromatic rings. The summed E-state index contributed by atoms with van der Waals surface area (Å²) in [4.78, 5) is 8.88. The molecule has 0 saturated heterocycles. The van der Waals surface area contributed by atoms with Crippen LogP contribution in [0.1, 0.15) is 25.2 Å². The van der Waals surface area contributed by atoms with E-state index < -0.39 is 0 Å². The Morgan fingerprint density at radius 2 is 2.28 bits per heavy atom. The molecule has 0 fully saturated rings. The van der Waals surface area contributed by atoms with Gasteiger partial charge in [-0.15, -0.1) is 0 Å². The van der Waals surface area contributed by atoms with Gasteiger partial charge < -0.3 is 5.32 Å². The number of hydrogen-bond acceptors (Lipinski definition) is 6. The molecule has 0 spiro atoms. The van der Waals surface area contributed by atoms with E-state index in [0.717, 1.165) is 34.7 Å². The fraction of sp³-hybridized carbons (Fsp3) is 0.417. The summed E-state index contributed by atoms with van der Waals surface area (Å²) < 4.78 is 5.25. The van der Waals surface area contributed by atoms with Gasteiger partial charge in [-0.2, -0.15) is 4.37 Å². The minimum Gasteiger partial charge on any atom is -0.313 e. The Hall–Kier alpha value is -0.980. The molecule has 6 heteroatoms. The Morgan fingerprint density at radius 1 is 1.39 bits per heavy atom. The Balaban J connectivity index is 2.12. The van der Waals surface area contributed by atoms with E-state index in [0.29, 0.717) is 0 Å². The first kappa shape index (κ1) is 13.5. The summed E-state index contributed by atoms with van der Waals surface area (Å²) in [6, 6.07) is 4.06. The minimum absolute atomic E-state index is 0.839. The van der Waals surface area contributed by atoms with Gasteiger partial charge in [-0.05, 0) is 41.5 Å². The highest BCUT2D eigenvalue weighted by Gasteiger charge is 2.09. The van der Waals surface area contributed by atoms with Gasteiger partial charge in [-0.25, -0.2) is 9.97 Å². The average molecular weight is 280 g/mol. The van der Waals surface area contributed by atoms with E-state index in [1.54, 1.807) is 11.8 Å². The smallest absolute Gasteiger partial charge is 0.176 e. The van der Waals surface area contributed by atoms with Gasteiger partial charge in [0.15, 0.2) is 4.34 Å². The highest BCUT2D eigenvalue weighted by atomic mass is 32.2. The lowest BCUT2D eigenvalue weighted by Gasteiger charge is -2.06. The molecule has 0 saturated carbocycles. The molecule has 2 rings (SSSR count). The lowest BCUT2D eigenvalue weighted by molar-refractivity contribution is 0.711. The predicted octanol–water partition coefficient (Wildman–Crippen LogP) is 2.76. The summed E-state index contributed by atoms with van der Waals surface area (Å²) in [5.74, 6) is 0.909. The molecule has 2 heterocycles. The summed E-state index contributed by atoms with van der Waals surface area (Å²) >= 11 is 3.04. The predicted molar refractivity (Wildman–Crippen MR) is 75.0 cm³/mol. The Labute approximate surface area is 115 Å². The number of nitrogens with zero attached hydrogens (tertiary/aromatic N) is 3. The second-order valence-electron chi connectivity index (χ2n) is 3.68. The Kier molecular flexibility index (Phi) is 5.10. The van der Waals surface area contributed by atoms with E-state index in [1.165, 1.54) is 17.1 Å². The van der Waals surface area contributed by atoms with Crippen molar-refractivity contribution in [3.8, 4) is 0 Å². The van der Waals surface area contributed by atoms with Crippen LogP contribution < -0.4 is 5.32 Å². The summed E-state index contributed by atoms with van der Waals surface area (Å²) in [7, 11) is 0. The van der Waals surface area contributed by atoms with Crippen LogP contribution >= 0.6 is 23.3 Å². The zero-order chi connectivity index (χ0) is 12.8. The van der Waals surface area contributed by atoms with Gasteiger partial charge in [-0.3, -0.25) is 0 Å². The van der Waals surface area contributed by atoms with E-state index in [2.05, 4.69) is 39.6 Å². The highest BCUT2D eigenvalue weighted by Crippen LogP contribution is 2.29. The third-order valence-electron chi connectivity index (χ3n) is 2.37. The average Bonchev–Trinajstić information content (AvgIpc) is 2.85. The fourth-order valence-corrected chi connectivity index (χ4v) is 3.11. The van der Waals surface area contributed by atoms with Crippen LogP contribution in [0.25, 0.3) is 0 Å². The fourth-order valence-electron chi connectivity index (χ4n) is 1.42. The molecule has 1 N–H and O–H groups in total. The molecule has 0 amide bonds. The van der Waals surface area contributed by atoms with Crippen LogP contribution in [-0.4, -0.2) is 20.9 Å². The molecule has 0 unspecified atom stereocenters. The van der Waals surface area contributed by atoms with Crippen molar-refractivity contribution in [1.29, 1.82) is 0 Å². The molecule has 0 aromatic carbocycles. The topological polar surface area (TPSA) is 50.7 Å². The number of aromatic nitrogens is 3. The lowest BCUT2D eigenvalue weighted by Crippen LogP contribution is -2.12. The van der Waals surface area contributed by atoms with Crippen molar-refractivity contribution in [1.82, 2.24) is 19.7 Å². The quantitative estimate of drug-likeness (QED) is 0.881. The van der Waals surface area contributed by atoms with Crippen molar-refractivity contribution in [2.24, 2.45) is 0 Å². The normalized spacial score (nSPS) is 10.8. The van der Waals surface area contributed by atoms with E-state index >= 15 is 0 Å². The van der Waals surface area contributed by atoms with Crippen LogP contribution in [0, 0.1) is 0 Å². The standard InChI is InChI=1S/C12H16N4S2/c1-3-10-15-12(18-16-10)17-11-9(8-13-4-2)6-5-7-14-11/h5-7,13H,3-4,8H2,1-2H3. The summed E-state index contributed by atoms with van der Waals surface area (Å²) in [6.45, 7) is 5.96. The molecular weight excluding hydrogens is 264 g/mol. The van der Waals surface area contributed by atoms with E-state index in [-0.39, 0.29) is 0 Å². The highest BCUT2D eigenvalue weighted by molar-refractivity contribution is 8.00. The van der Waals surface area contributed by atoms with Gasteiger partial charge in [0.1, 0.15) is 10.9 Å². The first-order valence-electron chi connectivity index (χ1n) is 5.98. The number of pyridine rings is 1. The molecule has 2 aromatic heterocycles. The molecule has 96 valence electrons. The van der Waals surface area contributed by atoms with E-state index in [1.807, 2.05) is 12.3 Å². The van der Waals surface area contributed by atoms with Crippen molar-refractivity contribution in [2.45, 2.75) is 36.2 Å². The van der Waals surface area contributed by atoms with Crippen molar-refractivity contribution in [2.75, 3.05) is 6.54 Å². The van der Waals surface area contributed by atoms with Gasteiger partial charge in [0.2, 0.25) is 0 Å². The third-order valence-corrected chi connectivity index (χ3v) is 4.22. The molecule has 0 bridgehead atoms. The van der Waals surface area contributed by atoms with Crippen LogP contribution in [0.5, 0.6) is 0 Å². The van der Waals surface area contributed by atoms with Crippen LogP contribution in [0.15, 0.2) is 27.7 Å². The molecule has 0 aliphatic rings.